The Morgan fingerprint density at radius 3 is 3.00 bits per heavy atom. The smallest absolute Gasteiger partial charge is 0.324 e. The number of nitrogens with one attached hydrogen (secondary N) is 1. The number of carbonyl (C=O) groups excluding carboxylic acids is 1. The lowest BCUT2D eigenvalue weighted by Crippen LogP contribution is -2.56. The lowest BCUT2D eigenvalue weighted by atomic mass is 10.0. The fourth-order valence-corrected chi connectivity index (χ4v) is 2.57. The van der Waals surface area contributed by atoms with Crippen LogP contribution in [0.5, 0.6) is 0 Å². The van der Waals surface area contributed by atoms with Crippen molar-refractivity contribution >= 4 is 5.97 Å². The summed E-state index contributed by atoms with van der Waals surface area (Å²) < 4.78 is 5.12. The Morgan fingerprint density at radius 1 is 1.61 bits per heavy atom. The Balaban J connectivity index is 1.96. The maximum absolute atomic E-state index is 11.9. The first-order valence-electron chi connectivity index (χ1n) is 6.69. The Kier molecular flexibility index (Phi) is 4.20. The minimum absolute atomic E-state index is 0.141. The van der Waals surface area contributed by atoms with Gasteiger partial charge in [-0.3, -0.25) is 9.69 Å². The van der Waals surface area contributed by atoms with Gasteiger partial charge in [-0.05, 0) is 25.2 Å². The van der Waals surface area contributed by atoms with E-state index in [1.807, 2.05) is 6.92 Å². The third-order valence-corrected chi connectivity index (χ3v) is 3.86. The number of esters is 1. The van der Waals surface area contributed by atoms with Crippen LogP contribution in [0.4, 0.5) is 0 Å². The van der Waals surface area contributed by atoms with Gasteiger partial charge in [0.1, 0.15) is 6.04 Å². The molecule has 2 rings (SSSR count). The van der Waals surface area contributed by atoms with Crippen LogP contribution in [-0.4, -0.2) is 49.7 Å². The molecule has 5 nitrogen and oxygen atoms in total. The molecule has 2 aliphatic rings. The van der Waals surface area contributed by atoms with Gasteiger partial charge in [0.05, 0.1) is 12.7 Å². The largest absolute Gasteiger partial charge is 0.465 e. The average molecular weight is 251 g/mol. The van der Waals surface area contributed by atoms with Crippen LogP contribution >= 0.6 is 0 Å². The van der Waals surface area contributed by atoms with Crippen molar-refractivity contribution < 1.29 is 9.53 Å². The molecule has 0 spiro atoms. The summed E-state index contributed by atoms with van der Waals surface area (Å²) in [7, 11) is 0. The molecular weight excluding hydrogens is 230 g/mol. The van der Waals surface area contributed by atoms with Crippen molar-refractivity contribution in [1.82, 2.24) is 10.2 Å². The summed E-state index contributed by atoms with van der Waals surface area (Å²) in [6, 6.07) is 2.09. The van der Waals surface area contributed by atoms with Gasteiger partial charge in [0.15, 0.2) is 0 Å². The van der Waals surface area contributed by atoms with Crippen LogP contribution in [0.1, 0.15) is 26.2 Å². The van der Waals surface area contributed by atoms with E-state index in [0.29, 0.717) is 19.6 Å². The standard InChI is InChI=1S/C13H21N3O2/c1-2-18-12(17)11-9-15-7-8-16(11)10-13(3-4-13)5-6-14/h11,15H,2-5,7-10H2,1H3. The van der Waals surface area contributed by atoms with E-state index in [2.05, 4.69) is 16.3 Å². The molecule has 0 amide bonds. The van der Waals surface area contributed by atoms with Gasteiger partial charge in [-0.25, -0.2) is 0 Å². The van der Waals surface area contributed by atoms with Gasteiger partial charge in [0.25, 0.3) is 0 Å². The molecule has 0 bridgehead atoms. The van der Waals surface area contributed by atoms with Gasteiger partial charge >= 0.3 is 5.97 Å². The molecule has 1 unspecified atom stereocenters. The summed E-state index contributed by atoms with van der Waals surface area (Å²) in [6.45, 7) is 5.52. The predicted octanol–water partition coefficient (Wildman–Crippen LogP) is 0.517. The lowest BCUT2D eigenvalue weighted by molar-refractivity contribution is -0.150. The minimum Gasteiger partial charge on any atom is -0.465 e. The molecule has 18 heavy (non-hydrogen) atoms. The Hall–Kier alpha value is -1.12. The van der Waals surface area contributed by atoms with Gasteiger partial charge < -0.3 is 10.1 Å². The number of nitriles is 1. The van der Waals surface area contributed by atoms with Crippen LogP contribution in [0.15, 0.2) is 0 Å². The number of carbonyl (C=O) groups is 1. The van der Waals surface area contributed by atoms with Crippen LogP contribution < -0.4 is 5.32 Å². The highest BCUT2D eigenvalue weighted by atomic mass is 16.5. The normalized spacial score (nSPS) is 26.3. The Morgan fingerprint density at radius 2 is 2.39 bits per heavy atom. The van der Waals surface area contributed by atoms with Gasteiger partial charge in [-0.15, -0.1) is 0 Å². The highest BCUT2D eigenvalue weighted by molar-refractivity contribution is 5.76. The molecule has 0 radical (unpaired) electrons. The molecule has 1 saturated heterocycles. The third-order valence-electron chi connectivity index (χ3n) is 3.86. The molecule has 100 valence electrons. The second-order valence-corrected chi connectivity index (χ2v) is 5.28. The van der Waals surface area contributed by atoms with Crippen molar-refractivity contribution in [2.45, 2.75) is 32.2 Å². The van der Waals surface area contributed by atoms with Crippen LogP contribution in [0, 0.1) is 16.7 Å². The summed E-state index contributed by atoms with van der Waals surface area (Å²) in [6.07, 6.45) is 2.83. The number of piperazine rings is 1. The Labute approximate surface area is 108 Å². The average Bonchev–Trinajstić information content (AvgIpc) is 3.10. The van der Waals surface area contributed by atoms with Gasteiger partial charge in [-0.2, -0.15) is 5.26 Å². The van der Waals surface area contributed by atoms with Crippen LogP contribution in [0.25, 0.3) is 0 Å². The number of rotatable bonds is 5. The van der Waals surface area contributed by atoms with Gasteiger partial charge in [0.2, 0.25) is 0 Å². The molecule has 1 atom stereocenters. The third kappa shape index (κ3) is 3.01. The number of hydrogen-bond acceptors (Lipinski definition) is 5. The minimum atomic E-state index is -0.185. The fraction of sp³-hybridized carbons (Fsp3) is 0.846. The summed E-state index contributed by atoms with van der Waals surface area (Å²) in [5.41, 5.74) is 0.150. The first-order chi connectivity index (χ1) is 8.71. The lowest BCUT2D eigenvalue weighted by Gasteiger charge is -2.36. The maximum atomic E-state index is 11.9. The summed E-state index contributed by atoms with van der Waals surface area (Å²) >= 11 is 0. The van der Waals surface area contributed by atoms with Crippen molar-refractivity contribution in [3.8, 4) is 6.07 Å². The first kappa shape index (κ1) is 13.3. The first-order valence-corrected chi connectivity index (χ1v) is 6.69. The quantitative estimate of drug-likeness (QED) is 0.722. The van der Waals surface area contributed by atoms with Crippen LogP contribution in [0.2, 0.25) is 0 Å². The fourth-order valence-electron chi connectivity index (χ4n) is 2.57. The molecule has 0 aromatic heterocycles. The van der Waals surface area contributed by atoms with Gasteiger partial charge in [0, 0.05) is 32.6 Å². The zero-order valence-corrected chi connectivity index (χ0v) is 10.9. The molecule has 1 saturated carbocycles. The number of hydrogen-bond donors (Lipinski definition) is 1. The van der Waals surface area contributed by atoms with Crippen molar-refractivity contribution in [2.24, 2.45) is 5.41 Å². The van der Waals surface area contributed by atoms with E-state index in [9.17, 15) is 4.79 Å². The van der Waals surface area contributed by atoms with E-state index in [-0.39, 0.29) is 17.4 Å². The number of ether oxygens (including phenoxy) is 1. The summed E-state index contributed by atoms with van der Waals surface area (Å²) in [5.74, 6) is -0.141. The molecule has 0 aromatic carbocycles. The molecule has 5 heteroatoms. The summed E-state index contributed by atoms with van der Waals surface area (Å²) in [4.78, 5) is 14.1. The van der Waals surface area contributed by atoms with Crippen molar-refractivity contribution in [1.29, 1.82) is 5.26 Å². The number of nitrogens with zero attached hydrogens (tertiary/aromatic N) is 2. The molecule has 1 aliphatic heterocycles. The molecule has 1 heterocycles. The molecule has 1 aliphatic carbocycles. The van der Waals surface area contributed by atoms with E-state index >= 15 is 0 Å². The predicted molar refractivity (Wildman–Crippen MR) is 66.8 cm³/mol. The van der Waals surface area contributed by atoms with Crippen LogP contribution in [-0.2, 0) is 9.53 Å². The van der Waals surface area contributed by atoms with E-state index in [0.717, 1.165) is 32.5 Å². The second kappa shape index (κ2) is 5.68. The maximum Gasteiger partial charge on any atom is 0.324 e. The van der Waals surface area contributed by atoms with E-state index in [4.69, 9.17) is 10.00 Å². The van der Waals surface area contributed by atoms with E-state index in [1.165, 1.54) is 0 Å². The van der Waals surface area contributed by atoms with Crippen LogP contribution in [0.3, 0.4) is 0 Å². The summed E-state index contributed by atoms with van der Waals surface area (Å²) in [5, 5.41) is 12.1. The Bertz CT molecular complexity index is 347. The highest BCUT2D eigenvalue weighted by Crippen LogP contribution is 2.49. The molecule has 0 aromatic rings. The van der Waals surface area contributed by atoms with Crippen molar-refractivity contribution in [3.05, 3.63) is 0 Å². The van der Waals surface area contributed by atoms with E-state index < -0.39 is 0 Å². The van der Waals surface area contributed by atoms with E-state index in [1.54, 1.807) is 0 Å². The monoisotopic (exact) mass is 251 g/mol. The molecular formula is C13H21N3O2. The van der Waals surface area contributed by atoms with Gasteiger partial charge in [-0.1, -0.05) is 0 Å². The zero-order valence-electron chi connectivity index (χ0n) is 10.9. The zero-order chi connectivity index (χ0) is 13.0. The second-order valence-electron chi connectivity index (χ2n) is 5.28. The van der Waals surface area contributed by atoms with Crippen molar-refractivity contribution in [3.63, 3.8) is 0 Å². The highest BCUT2D eigenvalue weighted by Gasteiger charge is 2.46. The van der Waals surface area contributed by atoms with Crippen molar-refractivity contribution in [2.75, 3.05) is 32.8 Å². The SMILES string of the molecule is CCOC(=O)C1CNCCN1CC1(CC#N)CC1. The molecule has 1 N–H and O–H groups in total. The molecule has 2 fully saturated rings. The topological polar surface area (TPSA) is 65.4 Å².